The van der Waals surface area contributed by atoms with Crippen LogP contribution in [0.25, 0.3) is 11.3 Å². The molecule has 10 heteroatoms. The number of thiazole rings is 1. The molecule has 140 valence electrons. The van der Waals surface area contributed by atoms with Crippen molar-refractivity contribution >= 4 is 34.0 Å². The summed E-state index contributed by atoms with van der Waals surface area (Å²) in [5.74, 6) is -0.659. The number of aromatic nitrogens is 2. The van der Waals surface area contributed by atoms with Crippen LogP contribution in [0.3, 0.4) is 0 Å². The normalized spacial score (nSPS) is 11.4. The molecule has 0 unspecified atom stereocenters. The molecule has 0 bridgehead atoms. The van der Waals surface area contributed by atoms with Gasteiger partial charge in [-0.15, -0.1) is 11.3 Å². The first-order chi connectivity index (χ1) is 12.7. The molecule has 2 heterocycles. The van der Waals surface area contributed by atoms with Crippen LogP contribution in [0.1, 0.15) is 5.56 Å². The summed E-state index contributed by atoms with van der Waals surface area (Å²) in [6, 6.07) is 8.69. The monoisotopic (exact) mass is 413 g/mol. The van der Waals surface area contributed by atoms with E-state index in [1.54, 1.807) is 29.6 Å². The first kappa shape index (κ1) is 19.1. The number of anilines is 1. The summed E-state index contributed by atoms with van der Waals surface area (Å²) in [4.78, 5) is 28.2. The van der Waals surface area contributed by atoms with Crippen LogP contribution in [0.15, 0.2) is 52.8 Å². The lowest BCUT2D eigenvalue weighted by molar-refractivity contribution is -0.139. The Morgan fingerprint density at radius 1 is 1.22 bits per heavy atom. The number of amides is 1. The summed E-state index contributed by atoms with van der Waals surface area (Å²) >= 11 is 6.98. The van der Waals surface area contributed by atoms with Crippen molar-refractivity contribution in [3.63, 3.8) is 0 Å². The van der Waals surface area contributed by atoms with Gasteiger partial charge in [0.1, 0.15) is 12.1 Å². The topological polar surface area (TPSA) is 64.0 Å². The van der Waals surface area contributed by atoms with Gasteiger partial charge in [-0.3, -0.25) is 9.59 Å². The maximum atomic E-state index is 12.8. The first-order valence-electron chi connectivity index (χ1n) is 7.52. The van der Waals surface area contributed by atoms with E-state index in [9.17, 15) is 22.8 Å². The van der Waals surface area contributed by atoms with E-state index in [0.29, 0.717) is 21.4 Å². The Morgan fingerprint density at radius 2 is 1.93 bits per heavy atom. The quantitative estimate of drug-likeness (QED) is 0.694. The molecule has 3 rings (SSSR count). The van der Waals surface area contributed by atoms with Crippen LogP contribution in [0.4, 0.5) is 18.3 Å². The molecule has 27 heavy (non-hydrogen) atoms. The molecule has 5 nitrogen and oxygen atoms in total. The number of pyridine rings is 1. The molecule has 0 atom stereocenters. The van der Waals surface area contributed by atoms with E-state index >= 15 is 0 Å². The van der Waals surface area contributed by atoms with Crippen molar-refractivity contribution in [2.45, 2.75) is 12.7 Å². The molecular formula is C17H11ClF3N3O2S. The minimum absolute atomic E-state index is 0.268. The lowest BCUT2D eigenvalue weighted by Gasteiger charge is -2.09. The summed E-state index contributed by atoms with van der Waals surface area (Å²) in [7, 11) is 0. The van der Waals surface area contributed by atoms with Gasteiger partial charge in [-0.2, -0.15) is 13.2 Å². The SMILES string of the molecule is O=C(Cn1cccc(C(F)(F)F)c1=O)Nc1nc(-c2ccc(Cl)cc2)cs1. The van der Waals surface area contributed by atoms with E-state index in [0.717, 1.165) is 29.2 Å². The van der Waals surface area contributed by atoms with E-state index in [-0.39, 0.29) is 5.13 Å². The number of benzene rings is 1. The summed E-state index contributed by atoms with van der Waals surface area (Å²) < 4.78 is 39.0. The number of nitrogens with one attached hydrogen (secondary N) is 1. The third kappa shape index (κ3) is 4.55. The molecule has 0 aliphatic heterocycles. The van der Waals surface area contributed by atoms with Crippen molar-refractivity contribution in [3.8, 4) is 11.3 Å². The van der Waals surface area contributed by atoms with Gasteiger partial charge in [0.05, 0.1) is 5.69 Å². The molecule has 0 saturated heterocycles. The average Bonchev–Trinajstić information content (AvgIpc) is 3.04. The van der Waals surface area contributed by atoms with Gasteiger partial charge in [-0.25, -0.2) is 4.98 Å². The Kier molecular flexibility index (Phi) is 5.33. The van der Waals surface area contributed by atoms with Crippen LogP contribution in [0.2, 0.25) is 5.02 Å². The molecular weight excluding hydrogens is 403 g/mol. The van der Waals surface area contributed by atoms with Crippen LogP contribution < -0.4 is 10.9 Å². The molecule has 1 aromatic carbocycles. The number of rotatable bonds is 4. The zero-order valence-corrected chi connectivity index (χ0v) is 15.0. The second-order valence-corrected chi connectivity index (χ2v) is 6.74. The number of alkyl halides is 3. The Morgan fingerprint density at radius 3 is 2.59 bits per heavy atom. The van der Waals surface area contributed by atoms with Gasteiger partial charge < -0.3 is 9.88 Å². The number of hydrogen-bond acceptors (Lipinski definition) is 4. The van der Waals surface area contributed by atoms with Gasteiger partial charge >= 0.3 is 6.18 Å². The van der Waals surface area contributed by atoms with Gasteiger partial charge in [-0.1, -0.05) is 23.7 Å². The highest BCUT2D eigenvalue weighted by molar-refractivity contribution is 7.14. The highest BCUT2D eigenvalue weighted by atomic mass is 35.5. The molecule has 0 aliphatic rings. The lowest BCUT2D eigenvalue weighted by atomic mass is 10.2. The van der Waals surface area contributed by atoms with E-state index in [4.69, 9.17) is 11.6 Å². The molecule has 0 fully saturated rings. The maximum Gasteiger partial charge on any atom is 0.421 e. The second kappa shape index (κ2) is 7.53. The van der Waals surface area contributed by atoms with Gasteiger partial charge in [0.2, 0.25) is 5.91 Å². The van der Waals surface area contributed by atoms with Crippen molar-refractivity contribution in [1.29, 1.82) is 0 Å². The minimum Gasteiger partial charge on any atom is -0.306 e. The van der Waals surface area contributed by atoms with Crippen LogP contribution in [0, 0.1) is 0 Å². The van der Waals surface area contributed by atoms with Crippen LogP contribution >= 0.6 is 22.9 Å². The average molecular weight is 414 g/mol. The zero-order chi connectivity index (χ0) is 19.6. The predicted molar refractivity (Wildman–Crippen MR) is 96.9 cm³/mol. The van der Waals surface area contributed by atoms with E-state index < -0.39 is 29.8 Å². The predicted octanol–water partition coefficient (Wildman–Crippen LogP) is 4.28. The molecule has 1 amide bonds. The van der Waals surface area contributed by atoms with Crippen LogP contribution in [0.5, 0.6) is 0 Å². The van der Waals surface area contributed by atoms with Crippen molar-refractivity contribution in [1.82, 2.24) is 9.55 Å². The van der Waals surface area contributed by atoms with Crippen molar-refractivity contribution in [2.24, 2.45) is 0 Å². The highest BCUT2D eigenvalue weighted by Crippen LogP contribution is 2.27. The van der Waals surface area contributed by atoms with Crippen LogP contribution in [-0.4, -0.2) is 15.5 Å². The highest BCUT2D eigenvalue weighted by Gasteiger charge is 2.34. The molecule has 0 aliphatic carbocycles. The third-order valence-electron chi connectivity index (χ3n) is 3.53. The Bertz CT molecular complexity index is 1030. The summed E-state index contributed by atoms with van der Waals surface area (Å²) in [6.45, 7) is -0.557. The van der Waals surface area contributed by atoms with Crippen LogP contribution in [-0.2, 0) is 17.5 Å². The number of halogens is 4. The number of carbonyl (C=O) groups excluding carboxylic acids is 1. The van der Waals surface area contributed by atoms with E-state index in [1.807, 2.05) is 0 Å². The van der Waals surface area contributed by atoms with Gasteiger partial charge in [0, 0.05) is 22.2 Å². The zero-order valence-electron chi connectivity index (χ0n) is 13.5. The maximum absolute atomic E-state index is 12.8. The lowest BCUT2D eigenvalue weighted by Crippen LogP contribution is -2.31. The fourth-order valence-electron chi connectivity index (χ4n) is 2.27. The molecule has 0 spiro atoms. The van der Waals surface area contributed by atoms with E-state index in [1.165, 1.54) is 0 Å². The molecule has 2 aromatic heterocycles. The number of carbonyl (C=O) groups is 1. The number of hydrogen-bond donors (Lipinski definition) is 1. The molecule has 0 saturated carbocycles. The van der Waals surface area contributed by atoms with Crippen molar-refractivity contribution in [3.05, 3.63) is 68.9 Å². The molecule has 1 N–H and O–H groups in total. The van der Waals surface area contributed by atoms with Gasteiger partial charge in [-0.05, 0) is 24.3 Å². The Labute approximate surface area is 160 Å². The Hall–Kier alpha value is -2.65. The third-order valence-corrected chi connectivity index (χ3v) is 4.54. The van der Waals surface area contributed by atoms with E-state index in [2.05, 4.69) is 10.3 Å². The summed E-state index contributed by atoms with van der Waals surface area (Å²) in [5, 5.41) is 5.04. The minimum atomic E-state index is -4.78. The molecule has 0 radical (unpaired) electrons. The fourth-order valence-corrected chi connectivity index (χ4v) is 3.14. The standard InChI is InChI=1S/C17H11ClF3N3O2S/c18-11-5-3-10(4-6-11)13-9-27-16(22-13)23-14(25)8-24-7-1-2-12(15(24)26)17(19,20)21/h1-7,9H,8H2,(H,22,23,25). The van der Waals surface area contributed by atoms with Crippen molar-refractivity contribution in [2.75, 3.05) is 5.32 Å². The fraction of sp³-hybridized carbons (Fsp3) is 0.118. The first-order valence-corrected chi connectivity index (χ1v) is 8.78. The molecule has 3 aromatic rings. The van der Waals surface area contributed by atoms with Gasteiger partial charge in [0.25, 0.3) is 5.56 Å². The van der Waals surface area contributed by atoms with Crippen molar-refractivity contribution < 1.29 is 18.0 Å². The summed E-state index contributed by atoms with van der Waals surface area (Å²) in [5.41, 5.74) is -1.19. The second-order valence-electron chi connectivity index (χ2n) is 5.45. The smallest absolute Gasteiger partial charge is 0.306 e. The number of nitrogens with zero attached hydrogens (tertiary/aromatic N) is 2. The summed E-state index contributed by atoms with van der Waals surface area (Å²) in [6.07, 6.45) is -3.66. The largest absolute Gasteiger partial charge is 0.421 e. The Balaban J connectivity index is 1.72. The van der Waals surface area contributed by atoms with Gasteiger partial charge in [0.15, 0.2) is 5.13 Å².